The van der Waals surface area contributed by atoms with Gasteiger partial charge < -0.3 is 5.73 Å². The van der Waals surface area contributed by atoms with E-state index >= 15 is 0 Å². The van der Waals surface area contributed by atoms with Crippen LogP contribution in [0.15, 0.2) is 18.2 Å². The molecule has 0 aliphatic heterocycles. The Bertz CT molecular complexity index is 456. The molecule has 0 aromatic heterocycles. The minimum Gasteiger partial charge on any atom is -0.329 e. The first-order valence-corrected chi connectivity index (χ1v) is 7.57. The number of nitrogens with two attached hydrogens (primary N) is 1. The molecule has 2 fully saturated rings. The summed E-state index contributed by atoms with van der Waals surface area (Å²) >= 11 is 0. The van der Waals surface area contributed by atoms with Crippen molar-refractivity contribution in [3.8, 4) is 0 Å². The highest BCUT2D eigenvalue weighted by molar-refractivity contribution is 5.23. The van der Waals surface area contributed by atoms with Crippen molar-refractivity contribution in [2.45, 2.75) is 31.7 Å². The minimum absolute atomic E-state index is 0.202. The van der Waals surface area contributed by atoms with E-state index in [-0.39, 0.29) is 6.04 Å². The Labute approximate surface area is 118 Å². The van der Waals surface area contributed by atoms with Crippen molar-refractivity contribution in [2.75, 3.05) is 19.6 Å². The molecule has 0 spiro atoms. The largest absolute Gasteiger partial charge is 0.329 e. The molecule has 1 aromatic carbocycles. The van der Waals surface area contributed by atoms with Crippen LogP contribution in [0.25, 0.3) is 0 Å². The maximum absolute atomic E-state index is 14.0. The Morgan fingerprint density at radius 2 is 1.70 bits per heavy atom. The van der Waals surface area contributed by atoms with Crippen molar-refractivity contribution in [3.05, 3.63) is 35.4 Å². The molecule has 2 aliphatic rings. The molecule has 2 nitrogen and oxygen atoms in total. The van der Waals surface area contributed by atoms with Crippen molar-refractivity contribution in [1.82, 2.24) is 4.90 Å². The van der Waals surface area contributed by atoms with E-state index in [1.54, 1.807) is 12.1 Å². The molecule has 2 aliphatic carbocycles. The average molecular weight is 280 g/mol. The quantitative estimate of drug-likeness (QED) is 0.831. The van der Waals surface area contributed by atoms with Crippen LogP contribution in [0.2, 0.25) is 0 Å². The van der Waals surface area contributed by atoms with Crippen LogP contribution >= 0.6 is 0 Å². The number of nitrogens with zero attached hydrogens (tertiary/aromatic N) is 1. The molecule has 0 bridgehead atoms. The van der Waals surface area contributed by atoms with Gasteiger partial charge in [0, 0.05) is 25.2 Å². The molecule has 0 heterocycles. The van der Waals surface area contributed by atoms with Crippen LogP contribution in [-0.2, 0) is 0 Å². The fourth-order valence-corrected chi connectivity index (χ4v) is 2.84. The van der Waals surface area contributed by atoms with E-state index in [1.165, 1.54) is 31.7 Å². The highest BCUT2D eigenvalue weighted by Gasteiger charge is 2.33. The van der Waals surface area contributed by atoms with Crippen molar-refractivity contribution in [1.29, 1.82) is 0 Å². The molecule has 1 unspecified atom stereocenters. The molecule has 0 amide bonds. The van der Waals surface area contributed by atoms with Gasteiger partial charge >= 0.3 is 0 Å². The lowest BCUT2D eigenvalue weighted by Crippen LogP contribution is -2.37. The maximum atomic E-state index is 14.0. The van der Waals surface area contributed by atoms with Gasteiger partial charge in [0.05, 0.1) is 6.04 Å². The zero-order chi connectivity index (χ0) is 14.1. The van der Waals surface area contributed by atoms with Crippen LogP contribution in [0.5, 0.6) is 0 Å². The Kier molecular flexibility index (Phi) is 4.03. The predicted octanol–water partition coefficient (Wildman–Crippen LogP) is 3.09. The first-order valence-electron chi connectivity index (χ1n) is 7.57. The van der Waals surface area contributed by atoms with Crippen molar-refractivity contribution in [3.63, 3.8) is 0 Å². The number of hydrogen-bond donors (Lipinski definition) is 1. The van der Waals surface area contributed by atoms with Crippen molar-refractivity contribution >= 4 is 0 Å². The Morgan fingerprint density at radius 3 is 2.20 bits per heavy atom. The third-order valence-electron chi connectivity index (χ3n) is 4.38. The summed E-state index contributed by atoms with van der Waals surface area (Å²) in [6.45, 7) is 2.27. The van der Waals surface area contributed by atoms with Gasteiger partial charge in [-0.2, -0.15) is 0 Å². The zero-order valence-corrected chi connectivity index (χ0v) is 11.7. The van der Waals surface area contributed by atoms with Crippen LogP contribution in [-0.4, -0.2) is 24.5 Å². The van der Waals surface area contributed by atoms with Gasteiger partial charge in [-0.3, -0.25) is 4.90 Å². The van der Waals surface area contributed by atoms with Crippen LogP contribution < -0.4 is 5.73 Å². The molecule has 2 N–H and O–H groups in total. The lowest BCUT2D eigenvalue weighted by molar-refractivity contribution is 0.180. The van der Waals surface area contributed by atoms with E-state index in [0.717, 1.165) is 24.9 Å². The summed E-state index contributed by atoms with van der Waals surface area (Å²) in [5.74, 6) is -0.0721. The van der Waals surface area contributed by atoms with Crippen LogP contribution in [0.4, 0.5) is 8.78 Å². The van der Waals surface area contributed by atoms with Crippen LogP contribution in [0, 0.1) is 23.5 Å². The number of rotatable bonds is 7. The monoisotopic (exact) mass is 280 g/mol. The molecule has 0 saturated heterocycles. The molecule has 2 saturated carbocycles. The lowest BCUT2D eigenvalue weighted by Gasteiger charge is -2.31. The molecular formula is C16H22F2N2. The lowest BCUT2D eigenvalue weighted by atomic mass is 10.0. The van der Waals surface area contributed by atoms with E-state index < -0.39 is 11.6 Å². The van der Waals surface area contributed by atoms with Gasteiger partial charge in [-0.25, -0.2) is 8.78 Å². The maximum Gasteiger partial charge on any atom is 0.163 e. The topological polar surface area (TPSA) is 29.3 Å². The van der Waals surface area contributed by atoms with E-state index in [4.69, 9.17) is 5.73 Å². The summed E-state index contributed by atoms with van der Waals surface area (Å²) in [7, 11) is 0. The van der Waals surface area contributed by atoms with E-state index in [9.17, 15) is 8.78 Å². The SMILES string of the molecule is NCC(c1cccc(F)c1F)N(CC1CC1)CC1CC1. The predicted molar refractivity (Wildman–Crippen MR) is 75.2 cm³/mol. The molecule has 0 radical (unpaired) electrons. The normalized spacial score (nSPS) is 20.4. The fraction of sp³-hybridized carbons (Fsp3) is 0.625. The summed E-state index contributed by atoms with van der Waals surface area (Å²) in [5, 5.41) is 0. The minimum atomic E-state index is -0.779. The van der Waals surface area contributed by atoms with Gasteiger partial charge in [0.2, 0.25) is 0 Å². The Morgan fingerprint density at radius 1 is 1.10 bits per heavy atom. The molecule has 110 valence electrons. The van der Waals surface area contributed by atoms with E-state index in [0.29, 0.717) is 12.1 Å². The Balaban J connectivity index is 1.81. The van der Waals surface area contributed by atoms with Gasteiger partial charge in [0.25, 0.3) is 0 Å². The molecule has 20 heavy (non-hydrogen) atoms. The van der Waals surface area contributed by atoms with Gasteiger partial charge in [0.15, 0.2) is 11.6 Å². The van der Waals surface area contributed by atoms with Crippen molar-refractivity contribution in [2.24, 2.45) is 17.6 Å². The summed E-state index contributed by atoms with van der Waals surface area (Å²) in [6, 6.07) is 4.20. The molecular weight excluding hydrogens is 258 g/mol. The molecule has 3 rings (SSSR count). The molecule has 4 heteroatoms. The van der Waals surface area contributed by atoms with Gasteiger partial charge in [0.1, 0.15) is 0 Å². The van der Waals surface area contributed by atoms with E-state index in [1.807, 2.05) is 0 Å². The highest BCUT2D eigenvalue weighted by atomic mass is 19.2. The summed E-state index contributed by atoms with van der Waals surface area (Å²) < 4.78 is 27.5. The number of halogens is 2. The average Bonchev–Trinajstić information content (AvgIpc) is 3.31. The smallest absolute Gasteiger partial charge is 0.163 e. The Hall–Kier alpha value is -1.00. The second kappa shape index (κ2) is 5.78. The summed E-state index contributed by atoms with van der Waals surface area (Å²) in [4.78, 5) is 2.28. The third kappa shape index (κ3) is 3.18. The second-order valence-corrected chi connectivity index (χ2v) is 6.24. The summed E-state index contributed by atoms with van der Waals surface area (Å²) in [6.07, 6.45) is 5.02. The zero-order valence-electron chi connectivity index (χ0n) is 11.7. The third-order valence-corrected chi connectivity index (χ3v) is 4.38. The molecule has 1 aromatic rings. The van der Waals surface area contributed by atoms with Crippen LogP contribution in [0.3, 0.4) is 0 Å². The second-order valence-electron chi connectivity index (χ2n) is 6.24. The first-order chi connectivity index (χ1) is 9.69. The number of benzene rings is 1. The van der Waals surface area contributed by atoms with E-state index in [2.05, 4.69) is 4.90 Å². The van der Waals surface area contributed by atoms with Gasteiger partial charge in [-0.1, -0.05) is 12.1 Å². The highest BCUT2D eigenvalue weighted by Crippen LogP contribution is 2.37. The fourth-order valence-electron chi connectivity index (χ4n) is 2.84. The first kappa shape index (κ1) is 14.0. The standard InChI is InChI=1S/C16H22F2N2/c17-14-3-1-2-13(16(14)18)15(8-19)20(9-11-4-5-11)10-12-6-7-12/h1-3,11-12,15H,4-10,19H2. The van der Waals surface area contributed by atoms with Crippen molar-refractivity contribution < 1.29 is 8.78 Å². The summed E-state index contributed by atoms with van der Waals surface area (Å²) in [5.41, 5.74) is 6.30. The van der Waals surface area contributed by atoms with Crippen LogP contribution in [0.1, 0.15) is 37.3 Å². The van der Waals surface area contributed by atoms with Gasteiger partial charge in [-0.05, 0) is 43.6 Å². The number of hydrogen-bond acceptors (Lipinski definition) is 2. The van der Waals surface area contributed by atoms with Gasteiger partial charge in [-0.15, -0.1) is 0 Å². The molecule has 1 atom stereocenters.